The van der Waals surface area contributed by atoms with E-state index in [9.17, 15) is 9.59 Å². The maximum atomic E-state index is 11.2. The van der Waals surface area contributed by atoms with Crippen LogP contribution < -0.4 is 0 Å². The van der Waals surface area contributed by atoms with Gasteiger partial charge in [-0.05, 0) is 18.6 Å². The van der Waals surface area contributed by atoms with Crippen LogP contribution in [0.4, 0.5) is 0 Å². The number of amides is 1. The molecule has 4 heteroatoms. The Bertz CT molecular complexity index is 162. The van der Waals surface area contributed by atoms with Crippen LogP contribution in [0.1, 0.15) is 25.7 Å². The SMILES string of the molecule is CN(CC=O)C(=O)CCCCCS. The van der Waals surface area contributed by atoms with E-state index in [0.29, 0.717) is 6.42 Å². The molecule has 0 heterocycles. The van der Waals surface area contributed by atoms with Gasteiger partial charge in [-0.15, -0.1) is 0 Å². The molecule has 0 spiro atoms. The molecule has 0 N–H and O–H groups in total. The highest BCUT2D eigenvalue weighted by atomic mass is 32.1. The fraction of sp³-hybridized carbons (Fsp3) is 0.778. The maximum absolute atomic E-state index is 11.2. The second kappa shape index (κ2) is 8.10. The van der Waals surface area contributed by atoms with E-state index in [1.165, 1.54) is 4.90 Å². The van der Waals surface area contributed by atoms with E-state index in [-0.39, 0.29) is 12.5 Å². The minimum atomic E-state index is 0.0475. The fourth-order valence-electron chi connectivity index (χ4n) is 0.969. The van der Waals surface area contributed by atoms with Gasteiger partial charge in [0.05, 0.1) is 6.54 Å². The molecule has 0 aliphatic carbocycles. The lowest BCUT2D eigenvalue weighted by molar-refractivity contribution is -0.131. The summed E-state index contributed by atoms with van der Waals surface area (Å²) in [6.45, 7) is 0.200. The molecule has 0 aromatic heterocycles. The summed E-state index contributed by atoms with van der Waals surface area (Å²) in [5.41, 5.74) is 0. The van der Waals surface area contributed by atoms with Crippen molar-refractivity contribution in [1.29, 1.82) is 0 Å². The first-order valence-electron chi connectivity index (χ1n) is 4.50. The van der Waals surface area contributed by atoms with E-state index in [1.54, 1.807) is 7.05 Å². The maximum Gasteiger partial charge on any atom is 0.222 e. The third kappa shape index (κ3) is 6.63. The molecule has 0 radical (unpaired) electrons. The minimum absolute atomic E-state index is 0.0475. The number of nitrogens with zero attached hydrogens (tertiary/aromatic N) is 1. The Morgan fingerprint density at radius 3 is 2.62 bits per heavy atom. The normalized spacial score (nSPS) is 9.69. The molecule has 13 heavy (non-hydrogen) atoms. The Morgan fingerprint density at radius 2 is 2.08 bits per heavy atom. The number of unbranched alkanes of at least 4 members (excludes halogenated alkanes) is 2. The number of carbonyl (C=O) groups is 2. The van der Waals surface area contributed by atoms with Crippen LogP contribution in [0.5, 0.6) is 0 Å². The van der Waals surface area contributed by atoms with Crippen LogP contribution >= 0.6 is 12.6 Å². The number of hydrogen-bond acceptors (Lipinski definition) is 3. The Hall–Kier alpha value is -0.510. The number of rotatable bonds is 7. The number of hydrogen-bond donors (Lipinski definition) is 1. The zero-order valence-electron chi connectivity index (χ0n) is 8.03. The van der Waals surface area contributed by atoms with Crippen molar-refractivity contribution < 1.29 is 9.59 Å². The third-order valence-corrected chi connectivity index (χ3v) is 2.14. The summed E-state index contributed by atoms with van der Waals surface area (Å²) in [5.74, 6) is 0.921. The summed E-state index contributed by atoms with van der Waals surface area (Å²) in [7, 11) is 1.65. The van der Waals surface area contributed by atoms with Gasteiger partial charge in [-0.1, -0.05) is 6.42 Å². The van der Waals surface area contributed by atoms with Gasteiger partial charge in [0.2, 0.25) is 5.91 Å². The number of aldehydes is 1. The van der Waals surface area contributed by atoms with E-state index in [2.05, 4.69) is 12.6 Å². The molecular weight excluding hydrogens is 186 g/mol. The van der Waals surface area contributed by atoms with Gasteiger partial charge in [0.1, 0.15) is 6.29 Å². The highest BCUT2D eigenvalue weighted by molar-refractivity contribution is 7.80. The molecule has 0 fully saturated rings. The molecule has 0 atom stereocenters. The Balaban J connectivity index is 3.44. The molecular formula is C9H17NO2S. The van der Waals surface area contributed by atoms with Gasteiger partial charge in [0, 0.05) is 13.5 Å². The van der Waals surface area contributed by atoms with Gasteiger partial charge in [-0.2, -0.15) is 12.6 Å². The Morgan fingerprint density at radius 1 is 1.38 bits per heavy atom. The predicted octanol–water partition coefficient (Wildman–Crippen LogP) is 1.13. The average molecular weight is 203 g/mol. The lowest BCUT2D eigenvalue weighted by Crippen LogP contribution is -2.28. The van der Waals surface area contributed by atoms with Gasteiger partial charge in [-0.25, -0.2) is 0 Å². The smallest absolute Gasteiger partial charge is 0.222 e. The molecule has 0 rings (SSSR count). The lowest BCUT2D eigenvalue weighted by atomic mass is 10.2. The summed E-state index contributed by atoms with van der Waals surface area (Å²) in [6, 6.07) is 0. The highest BCUT2D eigenvalue weighted by Crippen LogP contribution is 2.02. The standard InChI is InChI=1S/C9H17NO2S/c1-10(6-7-11)9(12)5-3-2-4-8-13/h7,13H,2-6,8H2,1H3. The third-order valence-electron chi connectivity index (χ3n) is 1.82. The zero-order valence-corrected chi connectivity index (χ0v) is 8.93. The zero-order chi connectivity index (χ0) is 10.1. The monoisotopic (exact) mass is 203 g/mol. The average Bonchev–Trinajstić information content (AvgIpc) is 2.12. The van der Waals surface area contributed by atoms with Crippen molar-refractivity contribution in [2.75, 3.05) is 19.3 Å². The van der Waals surface area contributed by atoms with Gasteiger partial charge in [0.15, 0.2) is 0 Å². The molecule has 0 saturated carbocycles. The van der Waals surface area contributed by atoms with Crippen LogP contribution in [-0.2, 0) is 9.59 Å². The van der Waals surface area contributed by atoms with Crippen molar-refractivity contribution >= 4 is 24.8 Å². The summed E-state index contributed by atoms with van der Waals surface area (Å²) in [4.78, 5) is 22.8. The van der Waals surface area contributed by atoms with Crippen LogP contribution in [0.25, 0.3) is 0 Å². The van der Waals surface area contributed by atoms with Crippen molar-refractivity contribution in [3.05, 3.63) is 0 Å². The molecule has 3 nitrogen and oxygen atoms in total. The summed E-state index contributed by atoms with van der Waals surface area (Å²) in [6.07, 6.45) is 4.25. The van der Waals surface area contributed by atoms with E-state index >= 15 is 0 Å². The molecule has 0 aromatic carbocycles. The summed E-state index contributed by atoms with van der Waals surface area (Å²) < 4.78 is 0. The Kier molecular flexibility index (Phi) is 7.79. The number of likely N-dealkylation sites (N-methyl/N-ethyl adjacent to an activating group) is 1. The molecule has 0 unspecified atom stereocenters. The topological polar surface area (TPSA) is 37.4 Å². The number of carbonyl (C=O) groups excluding carboxylic acids is 2. The second-order valence-corrected chi connectivity index (χ2v) is 3.42. The van der Waals surface area contributed by atoms with E-state index in [1.807, 2.05) is 0 Å². The van der Waals surface area contributed by atoms with Gasteiger partial charge in [-0.3, -0.25) is 4.79 Å². The van der Waals surface area contributed by atoms with Crippen molar-refractivity contribution in [3.8, 4) is 0 Å². The lowest BCUT2D eigenvalue weighted by Gasteiger charge is -2.12. The molecule has 0 aliphatic rings. The highest BCUT2D eigenvalue weighted by Gasteiger charge is 2.06. The quantitative estimate of drug-likeness (QED) is 0.383. The van der Waals surface area contributed by atoms with Crippen LogP contribution in [0, 0.1) is 0 Å². The molecule has 0 aliphatic heterocycles. The van der Waals surface area contributed by atoms with Gasteiger partial charge >= 0.3 is 0 Å². The summed E-state index contributed by atoms with van der Waals surface area (Å²) >= 11 is 4.08. The number of thiol groups is 1. The molecule has 0 bridgehead atoms. The first-order valence-corrected chi connectivity index (χ1v) is 5.14. The first kappa shape index (κ1) is 12.5. The van der Waals surface area contributed by atoms with Crippen molar-refractivity contribution in [2.24, 2.45) is 0 Å². The van der Waals surface area contributed by atoms with E-state index in [4.69, 9.17) is 0 Å². The van der Waals surface area contributed by atoms with Crippen LogP contribution in [0.3, 0.4) is 0 Å². The fourth-order valence-corrected chi connectivity index (χ4v) is 1.19. The molecule has 0 aromatic rings. The second-order valence-electron chi connectivity index (χ2n) is 2.98. The van der Waals surface area contributed by atoms with Crippen molar-refractivity contribution in [3.63, 3.8) is 0 Å². The molecule has 76 valence electrons. The van der Waals surface area contributed by atoms with Crippen molar-refractivity contribution in [1.82, 2.24) is 4.90 Å². The largest absolute Gasteiger partial charge is 0.339 e. The van der Waals surface area contributed by atoms with Crippen LogP contribution in [-0.4, -0.2) is 36.4 Å². The van der Waals surface area contributed by atoms with Crippen LogP contribution in [0.15, 0.2) is 0 Å². The van der Waals surface area contributed by atoms with Gasteiger partial charge < -0.3 is 9.69 Å². The first-order chi connectivity index (χ1) is 6.22. The Labute approximate surface area is 84.9 Å². The predicted molar refractivity (Wildman–Crippen MR) is 56.0 cm³/mol. The van der Waals surface area contributed by atoms with E-state index < -0.39 is 0 Å². The molecule has 1 amide bonds. The van der Waals surface area contributed by atoms with Crippen molar-refractivity contribution in [2.45, 2.75) is 25.7 Å². The van der Waals surface area contributed by atoms with Gasteiger partial charge in [0.25, 0.3) is 0 Å². The van der Waals surface area contributed by atoms with Crippen LogP contribution in [0.2, 0.25) is 0 Å². The minimum Gasteiger partial charge on any atom is -0.339 e. The summed E-state index contributed by atoms with van der Waals surface area (Å²) in [5, 5.41) is 0. The van der Waals surface area contributed by atoms with E-state index in [0.717, 1.165) is 31.3 Å². The molecule has 0 saturated heterocycles.